The van der Waals surface area contributed by atoms with Crippen LogP contribution >= 0.6 is 0 Å². The highest BCUT2D eigenvalue weighted by Gasteiger charge is 2.25. The quantitative estimate of drug-likeness (QED) is 0.492. The third-order valence-corrected chi connectivity index (χ3v) is 5.05. The SMILES string of the molecule is C#CCN(CC(=O)N(CCOC)c1c(N)n(CC(C)C)c(=O)[nH]c1=O)Cc1ccc(C)cc1. The molecule has 178 valence electrons. The van der Waals surface area contributed by atoms with E-state index in [4.69, 9.17) is 16.9 Å². The van der Waals surface area contributed by atoms with Crippen molar-refractivity contribution in [3.8, 4) is 12.3 Å². The Morgan fingerprint density at radius 2 is 1.94 bits per heavy atom. The van der Waals surface area contributed by atoms with Gasteiger partial charge in [0.05, 0.1) is 19.7 Å². The van der Waals surface area contributed by atoms with E-state index in [0.29, 0.717) is 13.1 Å². The molecule has 0 fully saturated rings. The average Bonchev–Trinajstić information content (AvgIpc) is 2.74. The molecule has 3 N–H and O–H groups in total. The smallest absolute Gasteiger partial charge is 0.330 e. The molecule has 0 bridgehead atoms. The normalized spacial score (nSPS) is 11.1. The van der Waals surface area contributed by atoms with E-state index in [1.54, 1.807) is 4.90 Å². The lowest BCUT2D eigenvalue weighted by Gasteiger charge is -2.27. The second kappa shape index (κ2) is 12.0. The minimum atomic E-state index is -0.719. The number of aromatic amines is 1. The first-order valence-corrected chi connectivity index (χ1v) is 10.8. The minimum absolute atomic E-state index is 0.0377. The molecule has 0 saturated heterocycles. The standard InChI is InChI=1S/C24H33N5O4/c1-6-11-27(15-19-9-7-18(4)8-10-19)16-20(30)28(12-13-33-5)21-22(25)29(14-17(2)3)24(32)26-23(21)31/h1,7-10,17H,11-16,25H2,2-5H3,(H,26,31,32). The van der Waals surface area contributed by atoms with Gasteiger partial charge < -0.3 is 15.4 Å². The molecule has 9 nitrogen and oxygen atoms in total. The van der Waals surface area contributed by atoms with Crippen molar-refractivity contribution in [1.29, 1.82) is 0 Å². The molecule has 2 aromatic rings. The van der Waals surface area contributed by atoms with Crippen LogP contribution in [0.3, 0.4) is 0 Å². The summed E-state index contributed by atoms with van der Waals surface area (Å²) in [6, 6.07) is 7.95. The van der Waals surface area contributed by atoms with E-state index in [2.05, 4.69) is 10.9 Å². The Morgan fingerprint density at radius 3 is 2.52 bits per heavy atom. The number of carbonyl (C=O) groups excluding carboxylic acids is 1. The maximum atomic E-state index is 13.4. The van der Waals surface area contributed by atoms with Crippen molar-refractivity contribution in [3.05, 3.63) is 56.2 Å². The fraction of sp³-hybridized carbons (Fsp3) is 0.458. The molecule has 2 rings (SSSR count). The predicted molar refractivity (Wildman–Crippen MR) is 130 cm³/mol. The Bertz CT molecular complexity index is 1100. The Morgan fingerprint density at radius 1 is 1.27 bits per heavy atom. The molecule has 1 aromatic carbocycles. The molecular weight excluding hydrogens is 422 g/mol. The lowest BCUT2D eigenvalue weighted by atomic mass is 10.1. The molecule has 1 aromatic heterocycles. The molecule has 0 unspecified atom stereocenters. The van der Waals surface area contributed by atoms with Gasteiger partial charge in [0.2, 0.25) is 5.91 Å². The second-order valence-corrected chi connectivity index (χ2v) is 8.37. The van der Waals surface area contributed by atoms with Crippen LogP contribution in [0.1, 0.15) is 25.0 Å². The van der Waals surface area contributed by atoms with E-state index in [0.717, 1.165) is 11.1 Å². The first-order valence-electron chi connectivity index (χ1n) is 10.8. The second-order valence-electron chi connectivity index (χ2n) is 8.37. The van der Waals surface area contributed by atoms with Crippen molar-refractivity contribution in [1.82, 2.24) is 14.5 Å². The van der Waals surface area contributed by atoms with Gasteiger partial charge in [-0.2, -0.15) is 0 Å². The van der Waals surface area contributed by atoms with E-state index in [9.17, 15) is 14.4 Å². The van der Waals surface area contributed by atoms with Gasteiger partial charge in [0.25, 0.3) is 5.56 Å². The predicted octanol–water partition coefficient (Wildman–Crippen LogP) is 1.20. The Labute approximate surface area is 194 Å². The summed E-state index contributed by atoms with van der Waals surface area (Å²) < 4.78 is 6.42. The number of H-pyrrole nitrogens is 1. The Kier molecular flexibility index (Phi) is 9.45. The lowest BCUT2D eigenvalue weighted by molar-refractivity contribution is -0.119. The van der Waals surface area contributed by atoms with Crippen LogP contribution in [-0.2, 0) is 22.6 Å². The summed E-state index contributed by atoms with van der Waals surface area (Å²) in [5.41, 5.74) is 6.99. The van der Waals surface area contributed by atoms with Gasteiger partial charge in [0.15, 0.2) is 5.69 Å². The highest BCUT2D eigenvalue weighted by Crippen LogP contribution is 2.18. The van der Waals surface area contributed by atoms with Gasteiger partial charge in [0, 0.05) is 26.7 Å². The monoisotopic (exact) mass is 455 g/mol. The summed E-state index contributed by atoms with van der Waals surface area (Å²) >= 11 is 0. The number of ether oxygens (including phenoxy) is 1. The van der Waals surface area contributed by atoms with Crippen LogP contribution in [0.15, 0.2) is 33.9 Å². The maximum absolute atomic E-state index is 13.4. The summed E-state index contributed by atoms with van der Waals surface area (Å²) in [6.07, 6.45) is 5.53. The number of hydrogen-bond donors (Lipinski definition) is 2. The van der Waals surface area contributed by atoms with Gasteiger partial charge in [0.1, 0.15) is 5.82 Å². The summed E-state index contributed by atoms with van der Waals surface area (Å²) in [5, 5.41) is 0. The van der Waals surface area contributed by atoms with Gasteiger partial charge in [-0.3, -0.25) is 24.0 Å². The largest absolute Gasteiger partial charge is 0.383 e. The fourth-order valence-electron chi connectivity index (χ4n) is 3.45. The number of nitrogens with two attached hydrogens (primary N) is 1. The topological polar surface area (TPSA) is 114 Å². The number of nitrogens with one attached hydrogen (secondary N) is 1. The molecule has 1 heterocycles. The Balaban J connectivity index is 2.39. The number of methoxy groups -OCH3 is 1. The number of aromatic nitrogens is 2. The molecule has 0 spiro atoms. The van der Waals surface area contributed by atoms with E-state index in [-0.39, 0.29) is 49.6 Å². The van der Waals surface area contributed by atoms with Crippen molar-refractivity contribution in [2.45, 2.75) is 33.9 Å². The molecule has 0 aliphatic heterocycles. The van der Waals surface area contributed by atoms with Crippen molar-refractivity contribution in [2.24, 2.45) is 5.92 Å². The number of amides is 1. The minimum Gasteiger partial charge on any atom is -0.383 e. The highest BCUT2D eigenvalue weighted by molar-refractivity contribution is 5.96. The van der Waals surface area contributed by atoms with Crippen LogP contribution in [-0.4, -0.2) is 53.7 Å². The van der Waals surface area contributed by atoms with Crippen LogP contribution in [0.25, 0.3) is 0 Å². The number of nitrogen functional groups attached to an aromatic ring is 1. The zero-order valence-corrected chi connectivity index (χ0v) is 19.8. The van der Waals surface area contributed by atoms with Gasteiger partial charge in [-0.1, -0.05) is 49.6 Å². The molecular formula is C24H33N5O4. The molecule has 0 radical (unpaired) electrons. The van der Waals surface area contributed by atoms with Gasteiger partial charge >= 0.3 is 5.69 Å². The number of aryl methyl sites for hydroxylation is 1. The first-order chi connectivity index (χ1) is 15.7. The zero-order valence-electron chi connectivity index (χ0n) is 19.8. The zero-order chi connectivity index (χ0) is 24.5. The number of terminal acetylenes is 1. The molecule has 0 atom stereocenters. The van der Waals surface area contributed by atoms with E-state index in [1.807, 2.05) is 45.0 Å². The summed E-state index contributed by atoms with van der Waals surface area (Å²) in [6.45, 7) is 7.10. The molecule has 0 saturated carbocycles. The van der Waals surface area contributed by atoms with Gasteiger partial charge in [-0.15, -0.1) is 6.42 Å². The van der Waals surface area contributed by atoms with Crippen molar-refractivity contribution in [2.75, 3.05) is 44.0 Å². The van der Waals surface area contributed by atoms with Crippen molar-refractivity contribution < 1.29 is 9.53 Å². The van der Waals surface area contributed by atoms with Crippen LogP contribution in [0.4, 0.5) is 11.5 Å². The Hall–Kier alpha value is -3.35. The molecule has 1 amide bonds. The van der Waals surface area contributed by atoms with E-state index >= 15 is 0 Å². The van der Waals surface area contributed by atoms with Gasteiger partial charge in [-0.05, 0) is 18.4 Å². The van der Waals surface area contributed by atoms with Crippen LogP contribution in [0.5, 0.6) is 0 Å². The number of benzene rings is 1. The lowest BCUT2D eigenvalue weighted by Crippen LogP contribution is -2.46. The molecule has 0 aliphatic carbocycles. The summed E-state index contributed by atoms with van der Waals surface area (Å²) in [4.78, 5) is 43.8. The van der Waals surface area contributed by atoms with Gasteiger partial charge in [-0.25, -0.2) is 4.79 Å². The number of nitrogens with zero attached hydrogens (tertiary/aromatic N) is 3. The van der Waals surface area contributed by atoms with E-state index in [1.165, 1.54) is 16.6 Å². The third-order valence-electron chi connectivity index (χ3n) is 5.05. The van der Waals surface area contributed by atoms with Crippen molar-refractivity contribution >= 4 is 17.4 Å². The number of anilines is 2. The molecule has 0 aliphatic rings. The van der Waals surface area contributed by atoms with Crippen LogP contribution in [0, 0.1) is 25.2 Å². The average molecular weight is 456 g/mol. The number of hydrogen-bond acceptors (Lipinski definition) is 6. The van der Waals surface area contributed by atoms with Crippen LogP contribution < -0.4 is 21.9 Å². The third kappa shape index (κ3) is 7.07. The molecule has 9 heteroatoms. The van der Waals surface area contributed by atoms with Crippen molar-refractivity contribution in [3.63, 3.8) is 0 Å². The summed E-state index contributed by atoms with van der Waals surface area (Å²) in [5.74, 6) is 2.26. The molecule has 33 heavy (non-hydrogen) atoms. The number of rotatable bonds is 11. The van der Waals surface area contributed by atoms with Crippen LogP contribution in [0.2, 0.25) is 0 Å². The highest BCUT2D eigenvalue weighted by atomic mass is 16.5. The summed E-state index contributed by atoms with van der Waals surface area (Å²) in [7, 11) is 1.50. The van der Waals surface area contributed by atoms with E-state index < -0.39 is 11.2 Å². The first kappa shape index (κ1) is 25.9. The maximum Gasteiger partial charge on any atom is 0.330 e. The number of carbonyl (C=O) groups is 1. The fourth-order valence-corrected chi connectivity index (χ4v) is 3.45.